The van der Waals surface area contributed by atoms with E-state index in [-0.39, 0.29) is 17.2 Å². The van der Waals surface area contributed by atoms with Gasteiger partial charge in [0.2, 0.25) is 5.16 Å². The summed E-state index contributed by atoms with van der Waals surface area (Å²) < 4.78 is 15.2. The molecule has 0 N–H and O–H groups in total. The van der Waals surface area contributed by atoms with Crippen molar-refractivity contribution in [2.45, 2.75) is 19.0 Å². The highest BCUT2D eigenvalue weighted by atomic mass is 32.2. The number of carbonyl (C=O) groups is 1. The van der Waals surface area contributed by atoms with E-state index in [0.717, 1.165) is 11.1 Å². The minimum atomic E-state index is -0.424. The standard InChI is InChI=1S/C17H15FN4OS/c1-11-7-8-13(9-12(11)2)16(23)10-24-17-19-20-21-22(17)15-6-4-3-5-14(15)18/h3-9H,10H2,1-2H3. The fraction of sp³-hybridized carbons (Fsp3) is 0.176. The van der Waals surface area contributed by atoms with E-state index in [4.69, 9.17) is 0 Å². The van der Waals surface area contributed by atoms with Crippen molar-refractivity contribution in [2.24, 2.45) is 0 Å². The summed E-state index contributed by atoms with van der Waals surface area (Å²) in [6, 6.07) is 11.8. The van der Waals surface area contributed by atoms with E-state index in [1.165, 1.54) is 22.5 Å². The molecule has 0 aliphatic rings. The molecule has 3 aromatic rings. The molecule has 0 aliphatic carbocycles. The van der Waals surface area contributed by atoms with Gasteiger partial charge in [-0.05, 0) is 53.6 Å². The largest absolute Gasteiger partial charge is 0.293 e. The van der Waals surface area contributed by atoms with E-state index in [2.05, 4.69) is 15.5 Å². The van der Waals surface area contributed by atoms with Gasteiger partial charge in [0.05, 0.1) is 5.75 Å². The Morgan fingerprint density at radius 3 is 2.71 bits per heavy atom. The fourth-order valence-corrected chi connectivity index (χ4v) is 2.95. The number of para-hydroxylation sites is 1. The molecule has 0 bridgehead atoms. The number of rotatable bonds is 5. The van der Waals surface area contributed by atoms with Crippen LogP contribution in [0.5, 0.6) is 0 Å². The van der Waals surface area contributed by atoms with Crippen LogP contribution in [0.2, 0.25) is 0 Å². The van der Waals surface area contributed by atoms with Gasteiger partial charge in [0.1, 0.15) is 11.5 Å². The maximum Gasteiger partial charge on any atom is 0.214 e. The Labute approximate surface area is 142 Å². The number of hydrogen-bond donors (Lipinski definition) is 0. The number of tetrazole rings is 1. The predicted molar refractivity (Wildman–Crippen MR) is 90.1 cm³/mol. The third-order valence-electron chi connectivity index (χ3n) is 3.68. The third kappa shape index (κ3) is 3.35. The molecule has 1 heterocycles. The molecule has 24 heavy (non-hydrogen) atoms. The zero-order valence-electron chi connectivity index (χ0n) is 13.2. The van der Waals surface area contributed by atoms with Crippen molar-refractivity contribution in [3.8, 4) is 5.69 Å². The Morgan fingerprint density at radius 1 is 1.17 bits per heavy atom. The van der Waals surface area contributed by atoms with Gasteiger partial charge >= 0.3 is 0 Å². The van der Waals surface area contributed by atoms with Gasteiger partial charge in [-0.25, -0.2) is 4.39 Å². The van der Waals surface area contributed by atoms with Crippen LogP contribution in [0.15, 0.2) is 47.6 Å². The van der Waals surface area contributed by atoms with Crippen molar-refractivity contribution in [3.05, 3.63) is 65.0 Å². The number of hydrogen-bond acceptors (Lipinski definition) is 5. The summed E-state index contributed by atoms with van der Waals surface area (Å²) in [4.78, 5) is 12.3. The highest BCUT2D eigenvalue weighted by Crippen LogP contribution is 2.21. The van der Waals surface area contributed by atoms with Crippen molar-refractivity contribution in [1.29, 1.82) is 0 Å². The SMILES string of the molecule is Cc1ccc(C(=O)CSc2nnnn2-c2ccccc2F)cc1C. The summed E-state index contributed by atoms with van der Waals surface area (Å²) >= 11 is 1.18. The van der Waals surface area contributed by atoms with Crippen LogP contribution < -0.4 is 0 Å². The van der Waals surface area contributed by atoms with Crippen molar-refractivity contribution in [2.75, 3.05) is 5.75 Å². The minimum absolute atomic E-state index is 0.0221. The lowest BCUT2D eigenvalue weighted by atomic mass is 10.0. The lowest BCUT2D eigenvalue weighted by molar-refractivity contribution is 0.102. The monoisotopic (exact) mass is 342 g/mol. The molecule has 122 valence electrons. The Kier molecular flexibility index (Phi) is 4.71. The molecule has 0 unspecified atom stereocenters. The van der Waals surface area contributed by atoms with Crippen LogP contribution in [0, 0.1) is 19.7 Å². The summed E-state index contributed by atoms with van der Waals surface area (Å²) in [6.07, 6.45) is 0. The van der Waals surface area contributed by atoms with Crippen LogP contribution in [0.1, 0.15) is 21.5 Å². The molecule has 0 spiro atoms. The van der Waals surface area contributed by atoms with E-state index in [1.54, 1.807) is 18.2 Å². The summed E-state index contributed by atoms with van der Waals surface area (Å²) in [5, 5.41) is 11.6. The lowest BCUT2D eigenvalue weighted by Gasteiger charge is -2.06. The van der Waals surface area contributed by atoms with Crippen LogP contribution in [0.3, 0.4) is 0 Å². The quantitative estimate of drug-likeness (QED) is 0.525. The van der Waals surface area contributed by atoms with Crippen LogP contribution in [0.25, 0.3) is 5.69 Å². The minimum Gasteiger partial charge on any atom is -0.293 e. The Hall–Kier alpha value is -2.54. The van der Waals surface area contributed by atoms with Crippen LogP contribution in [-0.2, 0) is 0 Å². The highest BCUT2D eigenvalue weighted by Gasteiger charge is 2.15. The molecule has 0 fully saturated rings. The maximum atomic E-state index is 13.9. The topological polar surface area (TPSA) is 60.7 Å². The van der Waals surface area contributed by atoms with E-state index in [0.29, 0.717) is 10.7 Å². The summed E-state index contributed by atoms with van der Waals surface area (Å²) in [6.45, 7) is 3.97. The molecule has 1 aromatic heterocycles. The number of nitrogens with zero attached hydrogens (tertiary/aromatic N) is 4. The Bertz CT molecular complexity index is 894. The van der Waals surface area contributed by atoms with Crippen molar-refractivity contribution < 1.29 is 9.18 Å². The van der Waals surface area contributed by atoms with E-state index >= 15 is 0 Å². The van der Waals surface area contributed by atoms with Gasteiger partial charge in [-0.3, -0.25) is 4.79 Å². The second-order valence-corrected chi connectivity index (χ2v) is 6.28. The molecular weight excluding hydrogens is 327 g/mol. The molecule has 3 rings (SSSR count). The Morgan fingerprint density at radius 2 is 1.96 bits per heavy atom. The number of carbonyl (C=O) groups excluding carboxylic acids is 1. The number of aromatic nitrogens is 4. The molecule has 7 heteroatoms. The first kappa shape index (κ1) is 16.3. The zero-order valence-corrected chi connectivity index (χ0v) is 14.0. The maximum absolute atomic E-state index is 13.9. The predicted octanol–water partition coefficient (Wildman–Crippen LogP) is 3.39. The van der Waals surface area contributed by atoms with Gasteiger partial charge < -0.3 is 0 Å². The first-order chi connectivity index (χ1) is 11.6. The van der Waals surface area contributed by atoms with E-state index in [1.807, 2.05) is 32.0 Å². The summed E-state index contributed by atoms with van der Waals surface area (Å²) in [5.41, 5.74) is 3.11. The molecule has 0 saturated carbocycles. The number of halogens is 1. The molecule has 0 saturated heterocycles. The van der Waals surface area contributed by atoms with Gasteiger partial charge in [0, 0.05) is 5.56 Å². The van der Waals surface area contributed by atoms with Gasteiger partial charge in [0.15, 0.2) is 5.78 Å². The molecule has 0 radical (unpaired) electrons. The van der Waals surface area contributed by atoms with Crippen LogP contribution in [0.4, 0.5) is 4.39 Å². The van der Waals surface area contributed by atoms with Crippen molar-refractivity contribution in [1.82, 2.24) is 20.2 Å². The molecule has 5 nitrogen and oxygen atoms in total. The molecule has 0 aliphatic heterocycles. The lowest BCUT2D eigenvalue weighted by Crippen LogP contribution is -2.06. The average Bonchev–Trinajstić information content (AvgIpc) is 3.04. The first-order valence-corrected chi connectivity index (χ1v) is 8.31. The number of benzene rings is 2. The molecular formula is C17H15FN4OS. The number of Topliss-reactive ketones (excluding diaryl/α,β-unsaturated/α-hetero) is 1. The smallest absolute Gasteiger partial charge is 0.214 e. The van der Waals surface area contributed by atoms with E-state index in [9.17, 15) is 9.18 Å². The molecule has 0 atom stereocenters. The van der Waals surface area contributed by atoms with Crippen LogP contribution in [-0.4, -0.2) is 31.7 Å². The average molecular weight is 342 g/mol. The normalized spacial score (nSPS) is 10.8. The fourth-order valence-electron chi connectivity index (χ4n) is 2.17. The van der Waals surface area contributed by atoms with Crippen molar-refractivity contribution >= 4 is 17.5 Å². The third-order valence-corrected chi connectivity index (χ3v) is 4.60. The summed E-state index contributed by atoms with van der Waals surface area (Å²) in [5.74, 6) is -0.268. The zero-order chi connectivity index (χ0) is 17.1. The van der Waals surface area contributed by atoms with Crippen molar-refractivity contribution in [3.63, 3.8) is 0 Å². The molecule has 0 amide bonds. The number of aryl methyl sites for hydroxylation is 2. The second-order valence-electron chi connectivity index (χ2n) is 5.34. The van der Waals surface area contributed by atoms with Gasteiger partial charge in [-0.15, -0.1) is 5.10 Å². The number of ketones is 1. The van der Waals surface area contributed by atoms with Gasteiger partial charge in [-0.1, -0.05) is 36.0 Å². The first-order valence-electron chi connectivity index (χ1n) is 7.33. The highest BCUT2D eigenvalue weighted by molar-refractivity contribution is 7.99. The van der Waals surface area contributed by atoms with E-state index < -0.39 is 5.82 Å². The van der Waals surface area contributed by atoms with Gasteiger partial charge in [-0.2, -0.15) is 4.68 Å². The number of thioether (sulfide) groups is 1. The molecule has 2 aromatic carbocycles. The Balaban J connectivity index is 1.76. The van der Waals surface area contributed by atoms with Gasteiger partial charge in [0.25, 0.3) is 0 Å². The van der Waals surface area contributed by atoms with Crippen LogP contribution >= 0.6 is 11.8 Å². The summed E-state index contributed by atoms with van der Waals surface area (Å²) in [7, 11) is 0. The second kappa shape index (κ2) is 6.92.